The van der Waals surface area contributed by atoms with E-state index in [1.165, 1.54) is 6.92 Å². The molecule has 1 aromatic carbocycles. The summed E-state index contributed by atoms with van der Waals surface area (Å²) in [6.45, 7) is 1.71. The summed E-state index contributed by atoms with van der Waals surface area (Å²) < 4.78 is 35.0. The van der Waals surface area contributed by atoms with E-state index in [0.717, 1.165) is 14.6 Å². The average Bonchev–Trinajstić information content (AvgIpc) is 3.01. The van der Waals surface area contributed by atoms with Crippen LogP contribution in [-0.4, -0.2) is 45.8 Å². The Morgan fingerprint density at radius 3 is 2.59 bits per heavy atom. The van der Waals surface area contributed by atoms with Crippen LogP contribution in [0.25, 0.3) is 5.65 Å². The van der Waals surface area contributed by atoms with E-state index in [1.807, 2.05) is 0 Å². The fourth-order valence-electron chi connectivity index (χ4n) is 2.45. The zero-order chi connectivity index (χ0) is 19.6. The van der Waals surface area contributed by atoms with Gasteiger partial charge in [-0.05, 0) is 24.6 Å². The summed E-state index contributed by atoms with van der Waals surface area (Å²) in [5.74, 6) is 1.03. The molecule has 0 radical (unpaired) electrons. The van der Waals surface area contributed by atoms with E-state index in [4.69, 9.17) is 16.3 Å². The zero-order valence-corrected chi connectivity index (χ0v) is 16.2. The molecule has 0 unspecified atom stereocenters. The van der Waals surface area contributed by atoms with Gasteiger partial charge in [0.1, 0.15) is 11.6 Å². The van der Waals surface area contributed by atoms with Gasteiger partial charge in [-0.25, -0.2) is 27.3 Å². The highest BCUT2D eigenvalue weighted by Gasteiger charge is 2.25. The highest BCUT2D eigenvalue weighted by molar-refractivity contribution is 7.89. The molecule has 3 rings (SSSR count). The number of halogens is 1. The van der Waals surface area contributed by atoms with E-state index in [2.05, 4.69) is 20.0 Å². The standard InChI is InChI=1S/C15H17ClN6O4S/c1-10-18-14(13-19-20-21(8-7-16)15(23)22(10)13)27(24,25)17-9-11-3-5-12(26-2)6-4-11/h3-6,17H,7-9H2,1-2H3. The number of rotatable bonds is 7. The number of aromatic nitrogens is 5. The Bertz CT molecular complexity index is 1120. The molecular formula is C15H17ClN6O4S. The predicted octanol–water partition coefficient (Wildman–Crippen LogP) is 0.320. The molecule has 0 saturated carbocycles. The maximum absolute atomic E-state index is 12.7. The molecule has 0 aliphatic rings. The van der Waals surface area contributed by atoms with Crippen molar-refractivity contribution in [1.29, 1.82) is 0 Å². The third-order valence-electron chi connectivity index (χ3n) is 3.83. The Labute approximate surface area is 159 Å². The lowest BCUT2D eigenvalue weighted by Gasteiger charge is -2.06. The number of sulfonamides is 1. The highest BCUT2D eigenvalue weighted by atomic mass is 35.5. The van der Waals surface area contributed by atoms with Gasteiger partial charge in [0.25, 0.3) is 10.0 Å². The zero-order valence-electron chi connectivity index (χ0n) is 14.6. The number of hydrogen-bond donors (Lipinski definition) is 1. The van der Waals surface area contributed by atoms with E-state index in [0.29, 0.717) is 5.75 Å². The van der Waals surface area contributed by atoms with Crippen molar-refractivity contribution >= 4 is 27.3 Å². The second kappa shape index (κ2) is 7.62. The second-order valence-electron chi connectivity index (χ2n) is 5.58. The summed E-state index contributed by atoms with van der Waals surface area (Å²) in [5.41, 5.74) is 0.0444. The van der Waals surface area contributed by atoms with Crippen molar-refractivity contribution in [3.63, 3.8) is 0 Å². The van der Waals surface area contributed by atoms with Gasteiger partial charge in [-0.15, -0.1) is 16.7 Å². The minimum atomic E-state index is -4.01. The van der Waals surface area contributed by atoms with E-state index in [-0.39, 0.29) is 35.5 Å². The Hall–Kier alpha value is -2.50. The van der Waals surface area contributed by atoms with Gasteiger partial charge in [0.2, 0.25) is 10.7 Å². The molecule has 10 nitrogen and oxygen atoms in total. The van der Waals surface area contributed by atoms with Gasteiger partial charge in [-0.2, -0.15) is 4.68 Å². The molecule has 144 valence electrons. The number of aryl methyl sites for hydroxylation is 2. The fraction of sp³-hybridized carbons (Fsp3) is 0.333. The third-order valence-corrected chi connectivity index (χ3v) is 5.30. The van der Waals surface area contributed by atoms with Gasteiger partial charge in [0.05, 0.1) is 13.7 Å². The largest absolute Gasteiger partial charge is 0.497 e. The van der Waals surface area contributed by atoms with Crippen molar-refractivity contribution in [2.75, 3.05) is 13.0 Å². The highest BCUT2D eigenvalue weighted by Crippen LogP contribution is 2.15. The van der Waals surface area contributed by atoms with Crippen molar-refractivity contribution in [2.24, 2.45) is 0 Å². The van der Waals surface area contributed by atoms with Crippen LogP contribution in [0.2, 0.25) is 0 Å². The number of fused-ring (bicyclic) bond motifs is 1. The smallest absolute Gasteiger partial charge is 0.353 e. The first-order chi connectivity index (χ1) is 12.9. The molecule has 0 spiro atoms. The number of imidazole rings is 1. The molecule has 0 atom stereocenters. The number of benzene rings is 1. The van der Waals surface area contributed by atoms with Gasteiger partial charge in [0, 0.05) is 12.4 Å². The predicted molar refractivity (Wildman–Crippen MR) is 97.5 cm³/mol. The van der Waals surface area contributed by atoms with Gasteiger partial charge in [-0.3, -0.25) is 0 Å². The summed E-state index contributed by atoms with van der Waals surface area (Å²) in [6.07, 6.45) is 0. The molecule has 2 heterocycles. The maximum atomic E-state index is 12.7. The minimum absolute atomic E-state index is 0.0428. The van der Waals surface area contributed by atoms with Crippen molar-refractivity contribution in [2.45, 2.75) is 25.0 Å². The summed E-state index contributed by atoms with van der Waals surface area (Å²) in [6, 6.07) is 6.93. The van der Waals surface area contributed by atoms with Crippen molar-refractivity contribution < 1.29 is 13.2 Å². The van der Waals surface area contributed by atoms with Crippen molar-refractivity contribution in [3.8, 4) is 5.75 Å². The molecule has 2 aromatic heterocycles. The lowest BCUT2D eigenvalue weighted by atomic mass is 10.2. The number of ether oxygens (including phenoxy) is 1. The van der Waals surface area contributed by atoms with Crippen LogP contribution in [0, 0.1) is 6.92 Å². The quantitative estimate of drug-likeness (QED) is 0.555. The molecule has 0 fully saturated rings. The molecule has 0 saturated heterocycles. The number of nitrogens with zero attached hydrogens (tertiary/aromatic N) is 5. The van der Waals surface area contributed by atoms with Gasteiger partial charge >= 0.3 is 5.69 Å². The van der Waals surface area contributed by atoms with Gasteiger partial charge in [-0.1, -0.05) is 17.3 Å². The summed E-state index contributed by atoms with van der Waals surface area (Å²) >= 11 is 5.63. The second-order valence-corrected chi connectivity index (χ2v) is 7.64. The van der Waals surface area contributed by atoms with Crippen LogP contribution in [0.3, 0.4) is 0 Å². The van der Waals surface area contributed by atoms with Crippen LogP contribution in [0.15, 0.2) is 34.1 Å². The molecule has 0 aliphatic heterocycles. The molecule has 0 bridgehead atoms. The molecule has 1 N–H and O–H groups in total. The monoisotopic (exact) mass is 412 g/mol. The van der Waals surface area contributed by atoms with Crippen LogP contribution >= 0.6 is 11.6 Å². The molecule has 0 amide bonds. The van der Waals surface area contributed by atoms with Crippen LogP contribution in [0.1, 0.15) is 11.4 Å². The van der Waals surface area contributed by atoms with Crippen LogP contribution in [-0.2, 0) is 23.1 Å². The first-order valence-electron chi connectivity index (χ1n) is 7.89. The molecule has 0 aliphatic carbocycles. The third kappa shape index (κ3) is 3.80. The fourth-order valence-corrected chi connectivity index (χ4v) is 3.73. The Kier molecular flexibility index (Phi) is 5.44. The average molecular weight is 413 g/mol. The maximum Gasteiger partial charge on any atom is 0.353 e. The minimum Gasteiger partial charge on any atom is -0.497 e. The number of alkyl halides is 1. The van der Waals surface area contributed by atoms with Crippen LogP contribution < -0.4 is 15.1 Å². The molecule has 27 heavy (non-hydrogen) atoms. The topological polar surface area (TPSA) is 120 Å². The summed E-state index contributed by atoms with van der Waals surface area (Å²) in [4.78, 5) is 16.4. The molecule has 12 heteroatoms. The Morgan fingerprint density at radius 1 is 1.26 bits per heavy atom. The van der Waals surface area contributed by atoms with Crippen molar-refractivity contribution in [3.05, 3.63) is 46.1 Å². The van der Waals surface area contributed by atoms with E-state index < -0.39 is 15.7 Å². The number of hydrogen-bond acceptors (Lipinski definition) is 7. The van der Waals surface area contributed by atoms with Crippen LogP contribution in [0.5, 0.6) is 5.75 Å². The normalized spacial score (nSPS) is 11.8. The van der Waals surface area contributed by atoms with Gasteiger partial charge < -0.3 is 4.74 Å². The van der Waals surface area contributed by atoms with Crippen LogP contribution in [0.4, 0.5) is 0 Å². The van der Waals surface area contributed by atoms with E-state index >= 15 is 0 Å². The lowest BCUT2D eigenvalue weighted by molar-refractivity contribution is 0.414. The van der Waals surface area contributed by atoms with E-state index in [1.54, 1.807) is 31.4 Å². The molecular weight excluding hydrogens is 396 g/mol. The SMILES string of the molecule is COc1ccc(CNS(=O)(=O)c2nc(C)n3c(=O)n(CCCl)nnc23)cc1. The van der Waals surface area contributed by atoms with Gasteiger partial charge in [0.15, 0.2) is 0 Å². The number of nitrogens with one attached hydrogen (secondary N) is 1. The Balaban J connectivity index is 1.93. The number of methoxy groups -OCH3 is 1. The van der Waals surface area contributed by atoms with E-state index in [9.17, 15) is 13.2 Å². The summed E-state index contributed by atoms with van der Waals surface area (Å²) in [7, 11) is -2.46. The van der Waals surface area contributed by atoms with Crippen molar-refractivity contribution in [1.82, 2.24) is 29.1 Å². The molecule has 3 aromatic rings. The Morgan fingerprint density at radius 2 is 1.96 bits per heavy atom. The first kappa shape index (κ1) is 19.3. The summed E-state index contributed by atoms with van der Waals surface area (Å²) in [5, 5.41) is 7.22. The lowest BCUT2D eigenvalue weighted by Crippen LogP contribution is -2.31. The first-order valence-corrected chi connectivity index (χ1v) is 9.90.